The lowest BCUT2D eigenvalue weighted by molar-refractivity contribution is -0.157. The van der Waals surface area contributed by atoms with Crippen LogP contribution in [0.15, 0.2) is 48.8 Å². The monoisotopic (exact) mass is 613 g/mol. The highest BCUT2D eigenvalue weighted by molar-refractivity contribution is 5.97. The van der Waals surface area contributed by atoms with Gasteiger partial charge in [-0.3, -0.25) is 14.6 Å². The third-order valence-electron chi connectivity index (χ3n) is 9.58. The molecule has 5 atom stereocenters. The van der Waals surface area contributed by atoms with Gasteiger partial charge >= 0.3 is 11.9 Å². The Balaban J connectivity index is 1.42. The maximum Gasteiger partial charge on any atom is 0.328 e. The number of methoxy groups -OCH3 is 1. The van der Waals surface area contributed by atoms with Crippen molar-refractivity contribution >= 4 is 28.7 Å². The van der Waals surface area contributed by atoms with Crippen molar-refractivity contribution < 1.29 is 28.6 Å². The van der Waals surface area contributed by atoms with Crippen LogP contribution in [-0.4, -0.2) is 64.6 Å². The number of carbonyl (C=O) groups excluding carboxylic acids is 3. The minimum Gasteiger partial charge on any atom is -0.472 e. The Morgan fingerprint density at radius 3 is 2.53 bits per heavy atom. The molecule has 1 saturated carbocycles. The first-order valence-corrected chi connectivity index (χ1v) is 16.2. The number of nitrogens with zero attached hydrogens (tertiary/aromatic N) is 3. The summed E-state index contributed by atoms with van der Waals surface area (Å²) in [5, 5.41) is 1.04. The molecule has 9 heteroatoms. The number of carbonyl (C=O) groups is 3. The number of ether oxygens (including phenoxy) is 3. The van der Waals surface area contributed by atoms with Crippen molar-refractivity contribution in [2.24, 2.45) is 17.3 Å². The van der Waals surface area contributed by atoms with Gasteiger partial charge in [0.05, 0.1) is 31.5 Å². The van der Waals surface area contributed by atoms with Crippen LogP contribution in [0.5, 0.6) is 5.88 Å². The smallest absolute Gasteiger partial charge is 0.328 e. The van der Waals surface area contributed by atoms with E-state index in [0.717, 1.165) is 66.1 Å². The van der Waals surface area contributed by atoms with Gasteiger partial charge in [0.2, 0.25) is 11.8 Å². The molecule has 3 aliphatic rings. The van der Waals surface area contributed by atoms with Crippen molar-refractivity contribution in [3.05, 3.63) is 54.4 Å². The number of amides is 1. The van der Waals surface area contributed by atoms with Crippen molar-refractivity contribution in [3.8, 4) is 17.0 Å². The Morgan fingerprint density at radius 1 is 1.00 bits per heavy atom. The second-order valence-electron chi connectivity index (χ2n) is 13.8. The number of fused-ring (bicyclic) bond motifs is 5. The number of hydrogen-bond acceptors (Lipinski definition) is 8. The first kappa shape index (κ1) is 31.0. The molecule has 1 aromatic carbocycles. The summed E-state index contributed by atoms with van der Waals surface area (Å²) in [5.74, 6) is -0.887. The van der Waals surface area contributed by atoms with Crippen molar-refractivity contribution in [2.75, 3.05) is 13.7 Å². The summed E-state index contributed by atoms with van der Waals surface area (Å²) < 4.78 is 17.7. The number of hydrogen-bond donors (Lipinski definition) is 0. The second-order valence-corrected chi connectivity index (χ2v) is 13.8. The number of pyridine rings is 2. The normalized spacial score (nSPS) is 26.1. The van der Waals surface area contributed by atoms with E-state index < -0.39 is 29.4 Å². The van der Waals surface area contributed by atoms with Gasteiger partial charge in [-0.15, -0.1) is 0 Å². The van der Waals surface area contributed by atoms with Gasteiger partial charge in [0, 0.05) is 29.8 Å². The summed E-state index contributed by atoms with van der Waals surface area (Å²) in [6, 6.07) is 11.3. The lowest BCUT2D eigenvalue weighted by atomic mass is 9.77. The zero-order valence-electron chi connectivity index (χ0n) is 26.7. The Bertz CT molecular complexity index is 1570. The van der Waals surface area contributed by atoms with Crippen molar-refractivity contribution in [3.63, 3.8) is 0 Å². The van der Waals surface area contributed by atoms with Crippen LogP contribution in [0.4, 0.5) is 0 Å². The predicted octanol–water partition coefficient (Wildman–Crippen LogP) is 5.92. The molecular formula is C36H43N3O6. The molecule has 4 heterocycles. The molecule has 0 radical (unpaired) electrons. The highest BCUT2D eigenvalue weighted by atomic mass is 16.5. The minimum atomic E-state index is -0.827. The van der Waals surface area contributed by atoms with Gasteiger partial charge in [-0.25, -0.2) is 9.78 Å². The fraction of sp³-hybridized carbons (Fsp3) is 0.528. The average molecular weight is 614 g/mol. The Kier molecular flexibility index (Phi) is 8.80. The topological polar surface area (TPSA) is 108 Å². The van der Waals surface area contributed by atoms with Gasteiger partial charge in [-0.1, -0.05) is 51.8 Å². The van der Waals surface area contributed by atoms with E-state index in [4.69, 9.17) is 19.2 Å². The highest BCUT2D eigenvalue weighted by Crippen LogP contribution is 2.42. The lowest BCUT2D eigenvalue weighted by Gasteiger charge is -2.34. The number of para-hydroxylation sites is 1. The van der Waals surface area contributed by atoms with E-state index >= 15 is 0 Å². The molecule has 2 aliphatic heterocycles. The van der Waals surface area contributed by atoms with Gasteiger partial charge in [-0.2, -0.15) is 0 Å². The minimum absolute atomic E-state index is 0.0346. The summed E-state index contributed by atoms with van der Waals surface area (Å²) in [6.07, 6.45) is 8.91. The summed E-state index contributed by atoms with van der Waals surface area (Å²) in [6.45, 7) is 6.01. The summed E-state index contributed by atoms with van der Waals surface area (Å²) >= 11 is 0. The van der Waals surface area contributed by atoms with Crippen LogP contribution in [-0.2, 0) is 30.3 Å². The van der Waals surface area contributed by atoms with Crippen molar-refractivity contribution in [1.29, 1.82) is 0 Å². The molecule has 3 aromatic rings. The van der Waals surface area contributed by atoms with Crippen LogP contribution in [0.1, 0.15) is 71.3 Å². The summed E-state index contributed by atoms with van der Waals surface area (Å²) in [4.78, 5) is 51.1. The van der Waals surface area contributed by atoms with Crippen molar-refractivity contribution in [2.45, 2.75) is 90.4 Å². The van der Waals surface area contributed by atoms with Gasteiger partial charge in [0.1, 0.15) is 18.2 Å². The highest BCUT2D eigenvalue weighted by Gasteiger charge is 2.47. The predicted molar refractivity (Wildman–Crippen MR) is 169 cm³/mol. The molecule has 2 bridgehead atoms. The Labute approximate surface area is 264 Å². The van der Waals surface area contributed by atoms with E-state index in [0.29, 0.717) is 11.8 Å². The Morgan fingerprint density at radius 2 is 1.78 bits per heavy atom. The van der Waals surface area contributed by atoms with E-state index in [2.05, 4.69) is 11.1 Å². The molecule has 2 fully saturated rings. The zero-order chi connectivity index (χ0) is 31.7. The fourth-order valence-corrected chi connectivity index (χ4v) is 6.95. The zero-order valence-corrected chi connectivity index (χ0v) is 26.7. The van der Waals surface area contributed by atoms with Crippen LogP contribution in [0.3, 0.4) is 0 Å². The van der Waals surface area contributed by atoms with Gasteiger partial charge < -0.3 is 19.1 Å². The van der Waals surface area contributed by atoms with E-state index in [1.54, 1.807) is 17.3 Å². The molecule has 2 aromatic heterocycles. The summed E-state index contributed by atoms with van der Waals surface area (Å²) in [5.41, 5.74) is 3.41. The van der Waals surface area contributed by atoms with Crippen LogP contribution in [0, 0.1) is 17.3 Å². The van der Waals surface area contributed by atoms with Crippen molar-refractivity contribution in [1.82, 2.24) is 14.9 Å². The van der Waals surface area contributed by atoms with Crippen LogP contribution >= 0.6 is 0 Å². The first-order valence-electron chi connectivity index (χ1n) is 16.2. The molecule has 0 spiro atoms. The molecular weight excluding hydrogens is 570 g/mol. The average Bonchev–Trinajstić information content (AvgIpc) is 3.61. The molecule has 9 nitrogen and oxygen atoms in total. The molecule has 1 amide bonds. The van der Waals surface area contributed by atoms with E-state index in [-0.39, 0.29) is 37.4 Å². The number of esters is 2. The second kappa shape index (κ2) is 12.8. The molecule has 6 rings (SSSR count). The number of benzene rings is 1. The third kappa shape index (κ3) is 6.67. The first-order chi connectivity index (χ1) is 21.6. The van der Waals surface area contributed by atoms with Gasteiger partial charge in [-0.05, 0) is 66.3 Å². The van der Waals surface area contributed by atoms with Gasteiger partial charge in [0.25, 0.3) is 0 Å². The largest absolute Gasteiger partial charge is 0.472 e. The fourth-order valence-electron chi connectivity index (χ4n) is 6.95. The van der Waals surface area contributed by atoms with Crippen LogP contribution in [0.25, 0.3) is 22.0 Å². The lowest BCUT2D eigenvalue weighted by Crippen LogP contribution is -2.47. The third-order valence-corrected chi connectivity index (χ3v) is 9.58. The van der Waals surface area contributed by atoms with E-state index in [1.165, 1.54) is 7.11 Å². The molecule has 1 saturated heterocycles. The Hall–Kier alpha value is -4.01. The van der Waals surface area contributed by atoms with Crippen LogP contribution in [0.2, 0.25) is 0 Å². The molecule has 0 unspecified atom stereocenters. The quantitative estimate of drug-likeness (QED) is 0.328. The van der Waals surface area contributed by atoms with Gasteiger partial charge in [0.15, 0.2) is 0 Å². The number of rotatable bonds is 2. The number of aromatic nitrogens is 2. The summed E-state index contributed by atoms with van der Waals surface area (Å²) in [7, 11) is 1.33. The standard InChI is InChI=1S/C36H43N3O6/c1-36(2,3)27-20-31(40)45-30-18-23(30)10-6-5-7-12-26-32(22-14-16-37-17-15-22)25-11-8-9-13-28(25)38-33(26)44-24-19-29(35(42)43-4)39(21-24)34(27)41/h8-9,11,13-17,23-24,27,29-30H,5-7,10,12,18-21H2,1-4H3/t23-,24-,27-,29+,30-/m1/s1. The van der Waals surface area contributed by atoms with Crippen LogP contribution < -0.4 is 4.74 Å². The molecule has 45 heavy (non-hydrogen) atoms. The molecule has 238 valence electrons. The molecule has 1 aliphatic carbocycles. The SMILES string of the molecule is COC(=O)[C@@H]1C[C@@H]2CN1C(=O)[C@H](C(C)(C)C)CC(=O)O[C@@H]1C[C@H]1CCCCCc1c(nc3ccccc3c1-c1ccncc1)O2. The maximum absolute atomic E-state index is 14.2. The maximum atomic E-state index is 14.2. The molecule has 0 N–H and O–H groups in total. The van der Waals surface area contributed by atoms with E-state index in [1.807, 2.05) is 51.1 Å². The van der Waals surface area contributed by atoms with E-state index in [9.17, 15) is 14.4 Å².